The average molecular weight is 1470 g/mol. The van der Waals surface area contributed by atoms with Gasteiger partial charge in [-0.3, -0.25) is 37.3 Å². The summed E-state index contributed by atoms with van der Waals surface area (Å²) < 4.78 is 68.8. The first kappa shape index (κ1) is 98.1. The minimum absolute atomic E-state index is 0.106. The molecule has 594 valence electrons. The number of hydrogen-bond acceptors (Lipinski definition) is 15. The third-order valence-corrected chi connectivity index (χ3v) is 21.1. The molecule has 0 saturated heterocycles. The van der Waals surface area contributed by atoms with Gasteiger partial charge in [-0.15, -0.1) is 0 Å². The summed E-state index contributed by atoms with van der Waals surface area (Å²) in [6.07, 6.45) is 59.5. The quantitative estimate of drug-likeness (QED) is 0.0222. The van der Waals surface area contributed by atoms with E-state index in [0.29, 0.717) is 25.7 Å². The fraction of sp³-hybridized carbons (Fsp3) is 0.951. The Hall–Kier alpha value is -1.94. The normalized spacial score (nSPS) is 14.2. The van der Waals surface area contributed by atoms with E-state index in [1.54, 1.807) is 0 Å². The topological polar surface area (TPSA) is 237 Å². The first-order valence-corrected chi connectivity index (χ1v) is 44.9. The molecule has 6 atom stereocenters. The zero-order valence-electron chi connectivity index (χ0n) is 65.7. The predicted molar refractivity (Wildman–Crippen MR) is 409 cm³/mol. The van der Waals surface area contributed by atoms with Gasteiger partial charge in [-0.25, -0.2) is 9.13 Å². The van der Waals surface area contributed by atoms with E-state index in [-0.39, 0.29) is 25.7 Å². The number of esters is 4. The fourth-order valence-corrected chi connectivity index (χ4v) is 14.0. The van der Waals surface area contributed by atoms with Gasteiger partial charge in [-0.05, 0) is 43.4 Å². The highest BCUT2D eigenvalue weighted by atomic mass is 31.2. The number of hydrogen-bond donors (Lipinski definition) is 3. The lowest BCUT2D eigenvalue weighted by Crippen LogP contribution is -2.30. The molecule has 3 unspecified atom stereocenters. The van der Waals surface area contributed by atoms with Crippen molar-refractivity contribution in [3.63, 3.8) is 0 Å². The zero-order chi connectivity index (χ0) is 73.7. The Kier molecular flexibility index (Phi) is 69.9. The highest BCUT2D eigenvalue weighted by Gasteiger charge is 2.30. The molecule has 0 aromatic carbocycles. The molecule has 0 aliphatic heterocycles. The molecule has 17 nitrogen and oxygen atoms in total. The maximum Gasteiger partial charge on any atom is 0.472 e. The zero-order valence-corrected chi connectivity index (χ0v) is 67.5. The van der Waals surface area contributed by atoms with E-state index < -0.39 is 97.5 Å². The van der Waals surface area contributed by atoms with Crippen LogP contribution in [0.25, 0.3) is 0 Å². The van der Waals surface area contributed by atoms with Gasteiger partial charge in [0.15, 0.2) is 12.2 Å². The van der Waals surface area contributed by atoms with Gasteiger partial charge in [-0.1, -0.05) is 370 Å². The van der Waals surface area contributed by atoms with E-state index in [1.807, 2.05) is 0 Å². The van der Waals surface area contributed by atoms with Crippen molar-refractivity contribution in [3.8, 4) is 0 Å². The Balaban J connectivity index is 5.27. The van der Waals surface area contributed by atoms with Gasteiger partial charge in [0.05, 0.1) is 26.4 Å². The second-order valence-electron chi connectivity index (χ2n) is 30.4. The number of carbonyl (C=O) groups excluding carboxylic acids is 4. The summed E-state index contributed by atoms with van der Waals surface area (Å²) in [6.45, 7) is 12.0. The number of aliphatic hydroxyl groups excluding tert-OH is 1. The maximum absolute atomic E-state index is 13.1. The van der Waals surface area contributed by atoms with Crippen LogP contribution in [-0.4, -0.2) is 96.7 Å². The number of aliphatic hydroxyl groups is 1. The van der Waals surface area contributed by atoms with E-state index in [2.05, 4.69) is 48.5 Å². The van der Waals surface area contributed by atoms with Gasteiger partial charge in [0.25, 0.3) is 0 Å². The third kappa shape index (κ3) is 73.0. The molecule has 0 aromatic rings. The summed E-state index contributed by atoms with van der Waals surface area (Å²) in [4.78, 5) is 73.1. The van der Waals surface area contributed by atoms with Crippen LogP contribution in [0.2, 0.25) is 0 Å². The van der Waals surface area contributed by atoms with Crippen LogP contribution in [0.4, 0.5) is 0 Å². The van der Waals surface area contributed by atoms with Gasteiger partial charge < -0.3 is 33.8 Å². The summed E-state index contributed by atoms with van der Waals surface area (Å²) in [5, 5.41) is 10.6. The Morgan fingerprint density at radius 3 is 0.760 bits per heavy atom. The molecule has 0 radical (unpaired) electrons. The Labute approximate surface area is 613 Å². The standard InChI is InChI=1S/C81H158O17P2/c1-8-10-11-12-13-14-15-16-17-20-23-28-33-41-48-55-62-78(83)91-68-76(97-80(85)64-57-50-43-34-29-24-21-18-19-22-26-31-38-45-52-59-72(3)4)70-95-99(87,88)93-66-75(82)67-94-100(89,90)96-71-77(69-92-79(84)63-56-49-42-37-36-40-47-54-61-74(7)9-2)98-81(86)65-58-51-44-35-30-25-27-32-39-46-53-60-73(5)6/h72-77,82H,8-71H2,1-7H3,(H,87,88)(H,89,90)/t74?,75-,76-,77-/m1/s1. The summed E-state index contributed by atoms with van der Waals surface area (Å²) in [7, 11) is -9.92. The van der Waals surface area contributed by atoms with Gasteiger partial charge in [0.2, 0.25) is 0 Å². The van der Waals surface area contributed by atoms with Crippen molar-refractivity contribution in [3.05, 3.63) is 0 Å². The molecule has 3 N–H and O–H groups in total. The molecule has 0 heterocycles. The molecule has 100 heavy (non-hydrogen) atoms. The van der Waals surface area contributed by atoms with Crippen molar-refractivity contribution in [1.82, 2.24) is 0 Å². The molecular weight excluding hydrogens is 1310 g/mol. The number of phosphoric ester groups is 2. The summed E-state index contributed by atoms with van der Waals surface area (Å²) >= 11 is 0. The monoisotopic (exact) mass is 1470 g/mol. The second-order valence-corrected chi connectivity index (χ2v) is 33.3. The molecule has 0 bridgehead atoms. The van der Waals surface area contributed by atoms with Crippen molar-refractivity contribution in [2.75, 3.05) is 39.6 Å². The molecule has 0 saturated carbocycles. The van der Waals surface area contributed by atoms with E-state index in [4.69, 9.17) is 37.0 Å². The van der Waals surface area contributed by atoms with Gasteiger partial charge in [-0.2, -0.15) is 0 Å². The van der Waals surface area contributed by atoms with E-state index in [1.165, 1.54) is 231 Å². The van der Waals surface area contributed by atoms with Crippen molar-refractivity contribution in [1.29, 1.82) is 0 Å². The van der Waals surface area contributed by atoms with Crippen LogP contribution >= 0.6 is 15.6 Å². The van der Waals surface area contributed by atoms with Crippen LogP contribution in [0.3, 0.4) is 0 Å². The predicted octanol–water partition coefficient (Wildman–Crippen LogP) is 24.1. The molecular formula is C81H158O17P2. The van der Waals surface area contributed by atoms with Crippen molar-refractivity contribution in [2.24, 2.45) is 17.8 Å². The van der Waals surface area contributed by atoms with Gasteiger partial charge >= 0.3 is 39.5 Å². The van der Waals surface area contributed by atoms with Crippen molar-refractivity contribution >= 4 is 39.5 Å². The minimum Gasteiger partial charge on any atom is -0.462 e. The first-order valence-electron chi connectivity index (χ1n) is 41.9. The van der Waals surface area contributed by atoms with E-state index in [0.717, 1.165) is 108 Å². The lowest BCUT2D eigenvalue weighted by Gasteiger charge is -2.21. The molecule has 0 rings (SSSR count). The number of phosphoric acid groups is 2. The highest BCUT2D eigenvalue weighted by molar-refractivity contribution is 7.47. The van der Waals surface area contributed by atoms with Crippen LogP contribution in [0.5, 0.6) is 0 Å². The van der Waals surface area contributed by atoms with Crippen molar-refractivity contribution < 1.29 is 80.2 Å². The number of rotatable bonds is 79. The maximum atomic E-state index is 13.1. The molecule has 0 aliphatic rings. The molecule has 19 heteroatoms. The Bertz CT molecular complexity index is 1940. The van der Waals surface area contributed by atoms with Crippen LogP contribution < -0.4 is 0 Å². The number of unbranched alkanes of at least 4 members (excludes halogenated alkanes) is 46. The average Bonchev–Trinajstić information content (AvgIpc) is 0.924. The van der Waals surface area contributed by atoms with Gasteiger partial charge in [0.1, 0.15) is 19.3 Å². The lowest BCUT2D eigenvalue weighted by atomic mass is 9.99. The van der Waals surface area contributed by atoms with E-state index in [9.17, 15) is 43.2 Å². The van der Waals surface area contributed by atoms with Crippen LogP contribution in [0.15, 0.2) is 0 Å². The summed E-state index contributed by atoms with van der Waals surface area (Å²) in [6, 6.07) is 0. The largest absolute Gasteiger partial charge is 0.472 e. The smallest absolute Gasteiger partial charge is 0.462 e. The van der Waals surface area contributed by atoms with Crippen LogP contribution in [-0.2, 0) is 65.4 Å². The highest BCUT2D eigenvalue weighted by Crippen LogP contribution is 2.45. The molecule has 0 aromatic heterocycles. The SMILES string of the molecule is CCCCCCCCCCCCCCCCCCC(=O)OC[C@H](COP(=O)(O)OC[C@@H](O)COP(=O)(O)OC[C@@H](COC(=O)CCCCCCCCCCC(C)CC)OC(=O)CCCCCCCCCCCCCC(C)C)OC(=O)CCCCCCCCCCCCCCCCCC(C)C. The second kappa shape index (κ2) is 71.3. The molecule has 0 spiro atoms. The number of carbonyl (C=O) groups is 4. The summed E-state index contributed by atoms with van der Waals surface area (Å²) in [5.74, 6) is 0.235. The molecule has 0 amide bonds. The molecule has 0 fully saturated rings. The minimum atomic E-state index is -4.96. The third-order valence-electron chi connectivity index (χ3n) is 19.2. The first-order chi connectivity index (χ1) is 48.3. The van der Waals surface area contributed by atoms with Crippen molar-refractivity contribution in [2.45, 2.75) is 439 Å². The van der Waals surface area contributed by atoms with E-state index >= 15 is 0 Å². The summed E-state index contributed by atoms with van der Waals surface area (Å²) in [5.41, 5.74) is 0. The lowest BCUT2D eigenvalue weighted by molar-refractivity contribution is -0.161. The Morgan fingerprint density at radius 1 is 0.290 bits per heavy atom. The number of ether oxygens (including phenoxy) is 4. The van der Waals surface area contributed by atoms with Crippen LogP contribution in [0.1, 0.15) is 421 Å². The van der Waals surface area contributed by atoms with Gasteiger partial charge in [0, 0.05) is 25.7 Å². The Morgan fingerprint density at radius 2 is 0.510 bits per heavy atom. The van der Waals surface area contributed by atoms with Crippen LogP contribution in [0, 0.1) is 17.8 Å². The fourth-order valence-electron chi connectivity index (χ4n) is 12.5. The molecule has 0 aliphatic carbocycles.